The van der Waals surface area contributed by atoms with Gasteiger partial charge >= 0.3 is 0 Å². The van der Waals surface area contributed by atoms with Crippen LogP contribution in [0, 0.1) is 0 Å². The molecule has 0 spiro atoms. The number of pyridine rings is 3. The molecule has 0 amide bonds. The zero-order chi connectivity index (χ0) is 24.8. The summed E-state index contributed by atoms with van der Waals surface area (Å²) >= 11 is 0. The van der Waals surface area contributed by atoms with Crippen LogP contribution in [0.25, 0.3) is 44.7 Å². The molecule has 0 bridgehead atoms. The molecule has 2 fully saturated rings. The normalized spacial score (nSPS) is 17.4. The maximum atomic E-state index is 4.98. The Balaban J connectivity index is 1.24. The number of likely N-dealkylation sites (N-methyl/N-ethyl adjacent to an activating group) is 1. The molecule has 0 saturated carbocycles. The quantitative estimate of drug-likeness (QED) is 0.383. The lowest BCUT2D eigenvalue weighted by Crippen LogP contribution is -2.44. The summed E-state index contributed by atoms with van der Waals surface area (Å²) < 4.78 is 0. The highest BCUT2D eigenvalue weighted by Crippen LogP contribution is 2.31. The van der Waals surface area contributed by atoms with Crippen LogP contribution >= 0.6 is 0 Å². The number of nitrogens with one attached hydrogen (secondary N) is 2. The van der Waals surface area contributed by atoms with Gasteiger partial charge in [-0.25, -0.2) is 15.0 Å². The van der Waals surface area contributed by atoms with E-state index in [2.05, 4.69) is 64.0 Å². The number of hydrogen-bond acceptors (Lipinski definition) is 8. The zero-order valence-corrected chi connectivity index (χ0v) is 21.0. The number of H-pyrrole nitrogens is 2. The lowest BCUT2D eigenvalue weighted by Gasteiger charge is -2.33. The summed E-state index contributed by atoms with van der Waals surface area (Å²) in [5, 5.41) is 8.55. The van der Waals surface area contributed by atoms with Crippen LogP contribution < -0.4 is 4.90 Å². The van der Waals surface area contributed by atoms with Gasteiger partial charge in [0.2, 0.25) is 0 Å². The van der Waals surface area contributed by atoms with Gasteiger partial charge in [-0.3, -0.25) is 15.0 Å². The zero-order valence-electron chi connectivity index (χ0n) is 21.0. The molecule has 2 aliphatic heterocycles. The molecule has 0 aromatic carbocycles. The topological polar surface area (TPSA) is 106 Å². The Labute approximate surface area is 214 Å². The molecule has 7 heterocycles. The van der Waals surface area contributed by atoms with Crippen molar-refractivity contribution in [1.82, 2.24) is 44.9 Å². The Bertz CT molecular complexity index is 1560. The number of rotatable bonds is 5. The number of likely N-dealkylation sites (tertiary alicyclic amines) is 1. The second-order valence-electron chi connectivity index (χ2n) is 10.2. The molecule has 188 valence electrons. The highest BCUT2D eigenvalue weighted by molar-refractivity contribution is 5.95. The molecule has 37 heavy (non-hydrogen) atoms. The van der Waals surface area contributed by atoms with Crippen molar-refractivity contribution in [2.45, 2.75) is 19.4 Å². The third-order valence-corrected chi connectivity index (χ3v) is 7.56. The highest BCUT2D eigenvalue weighted by atomic mass is 15.3. The minimum atomic E-state index is 0.665. The molecule has 0 unspecified atom stereocenters. The van der Waals surface area contributed by atoms with Crippen molar-refractivity contribution in [2.24, 2.45) is 0 Å². The standard InChI is InChI=1S/C27H30N10/c1-35-8-10-37(11-9-35)27-24-22(4-5-29-27)31-26(32-24)23-21-13-20(16-30-25(21)34-33-23)19-12-18(14-28-15-19)17-36-6-2-3-7-36/h4-5,12-16H,2-3,6-11,17H2,1H3,(H,31,32)(H,30,33,34). The maximum absolute atomic E-state index is 4.98. The fraction of sp³-hybridized carbons (Fsp3) is 0.370. The first kappa shape index (κ1) is 22.3. The SMILES string of the molecule is CN1CCN(c2nccc3[nH]c(-c4[nH]nc5ncc(-c6cncc(CN7CCCC7)c6)cc45)nc23)CC1. The van der Waals surface area contributed by atoms with Crippen molar-refractivity contribution in [2.75, 3.05) is 51.2 Å². The highest BCUT2D eigenvalue weighted by Gasteiger charge is 2.21. The molecule has 5 aromatic heterocycles. The van der Waals surface area contributed by atoms with Gasteiger partial charge < -0.3 is 14.8 Å². The van der Waals surface area contributed by atoms with E-state index in [9.17, 15) is 0 Å². The lowest BCUT2D eigenvalue weighted by atomic mass is 10.1. The summed E-state index contributed by atoms with van der Waals surface area (Å²) in [5.74, 6) is 1.66. The number of aromatic amines is 2. The molecule has 2 aliphatic rings. The summed E-state index contributed by atoms with van der Waals surface area (Å²) in [6.07, 6.45) is 10.2. The first-order valence-corrected chi connectivity index (χ1v) is 13.0. The van der Waals surface area contributed by atoms with E-state index in [1.807, 2.05) is 30.9 Å². The monoisotopic (exact) mass is 494 g/mol. The molecule has 10 nitrogen and oxygen atoms in total. The van der Waals surface area contributed by atoms with Gasteiger partial charge in [0.1, 0.15) is 11.2 Å². The molecule has 0 atom stereocenters. The van der Waals surface area contributed by atoms with E-state index in [1.54, 1.807) is 0 Å². The van der Waals surface area contributed by atoms with Gasteiger partial charge in [0.25, 0.3) is 0 Å². The predicted octanol–water partition coefficient (Wildman–Crippen LogP) is 3.31. The molecule has 2 saturated heterocycles. The van der Waals surface area contributed by atoms with E-state index >= 15 is 0 Å². The average molecular weight is 495 g/mol. The number of fused-ring (bicyclic) bond motifs is 2. The Hall–Kier alpha value is -3.89. The van der Waals surface area contributed by atoms with E-state index < -0.39 is 0 Å². The molecular formula is C27H30N10. The average Bonchev–Trinajstić information content (AvgIpc) is 3.68. The van der Waals surface area contributed by atoms with Gasteiger partial charge in [-0.1, -0.05) is 0 Å². The van der Waals surface area contributed by atoms with Gasteiger partial charge in [0.15, 0.2) is 17.3 Å². The van der Waals surface area contributed by atoms with Crippen LogP contribution in [0.4, 0.5) is 5.82 Å². The van der Waals surface area contributed by atoms with Gasteiger partial charge in [-0.05, 0) is 56.7 Å². The second-order valence-corrected chi connectivity index (χ2v) is 10.2. The minimum absolute atomic E-state index is 0.665. The van der Waals surface area contributed by atoms with Gasteiger partial charge in [-0.15, -0.1) is 0 Å². The van der Waals surface area contributed by atoms with E-state index in [-0.39, 0.29) is 0 Å². The van der Waals surface area contributed by atoms with Gasteiger partial charge in [0.05, 0.1) is 10.9 Å². The van der Waals surface area contributed by atoms with E-state index in [0.717, 1.165) is 77.6 Å². The maximum Gasteiger partial charge on any atom is 0.181 e. The third-order valence-electron chi connectivity index (χ3n) is 7.56. The number of nitrogens with zero attached hydrogens (tertiary/aromatic N) is 8. The Morgan fingerprint density at radius 2 is 1.76 bits per heavy atom. The Morgan fingerprint density at radius 3 is 2.62 bits per heavy atom. The number of aromatic nitrogens is 7. The number of anilines is 1. The van der Waals surface area contributed by atoms with E-state index in [1.165, 1.54) is 31.5 Å². The Kier molecular flexibility index (Phi) is 5.55. The first-order chi connectivity index (χ1) is 18.2. The molecular weight excluding hydrogens is 464 g/mol. The fourth-order valence-corrected chi connectivity index (χ4v) is 5.46. The van der Waals surface area contributed by atoms with Crippen molar-refractivity contribution in [1.29, 1.82) is 0 Å². The third kappa shape index (κ3) is 4.21. The van der Waals surface area contributed by atoms with E-state index in [4.69, 9.17) is 4.98 Å². The van der Waals surface area contributed by atoms with Gasteiger partial charge in [-0.2, -0.15) is 5.10 Å². The molecule has 0 radical (unpaired) electrons. The summed E-state index contributed by atoms with van der Waals surface area (Å²) in [4.78, 5) is 29.5. The number of imidazole rings is 1. The minimum Gasteiger partial charge on any atom is -0.352 e. The molecule has 10 heteroatoms. The van der Waals surface area contributed by atoms with Crippen LogP contribution in [0.2, 0.25) is 0 Å². The molecule has 7 rings (SSSR count). The predicted molar refractivity (Wildman–Crippen MR) is 144 cm³/mol. The number of hydrogen-bond donors (Lipinski definition) is 2. The van der Waals surface area contributed by atoms with Crippen molar-refractivity contribution in [3.05, 3.63) is 48.5 Å². The molecule has 0 aliphatic carbocycles. The van der Waals surface area contributed by atoms with Crippen molar-refractivity contribution in [3.63, 3.8) is 0 Å². The van der Waals surface area contributed by atoms with Crippen LogP contribution in [0.1, 0.15) is 18.4 Å². The Morgan fingerprint density at radius 1 is 0.919 bits per heavy atom. The van der Waals surface area contributed by atoms with Gasteiger partial charge in [0, 0.05) is 68.6 Å². The first-order valence-electron chi connectivity index (χ1n) is 13.0. The van der Waals surface area contributed by atoms with E-state index in [0.29, 0.717) is 5.65 Å². The molecule has 5 aromatic rings. The second kappa shape index (κ2) is 9.20. The van der Waals surface area contributed by atoms with Crippen LogP contribution in [-0.2, 0) is 6.54 Å². The van der Waals surface area contributed by atoms with Crippen molar-refractivity contribution in [3.8, 4) is 22.6 Å². The van der Waals surface area contributed by atoms with Crippen LogP contribution in [0.5, 0.6) is 0 Å². The summed E-state index contributed by atoms with van der Waals surface area (Å²) in [7, 11) is 2.16. The van der Waals surface area contributed by atoms with Crippen molar-refractivity contribution >= 4 is 27.9 Å². The van der Waals surface area contributed by atoms with Crippen LogP contribution in [0.15, 0.2) is 43.0 Å². The fourth-order valence-electron chi connectivity index (χ4n) is 5.46. The summed E-state index contributed by atoms with van der Waals surface area (Å²) in [6.45, 7) is 7.19. The molecule has 2 N–H and O–H groups in total. The largest absolute Gasteiger partial charge is 0.352 e. The van der Waals surface area contributed by atoms with Crippen molar-refractivity contribution < 1.29 is 0 Å². The van der Waals surface area contributed by atoms with Crippen LogP contribution in [-0.4, -0.2) is 91.2 Å². The summed E-state index contributed by atoms with van der Waals surface area (Å²) in [5.41, 5.74) is 6.64. The smallest absolute Gasteiger partial charge is 0.181 e. The summed E-state index contributed by atoms with van der Waals surface area (Å²) in [6, 6.07) is 6.33. The lowest BCUT2D eigenvalue weighted by molar-refractivity contribution is 0.312. The number of piperazine rings is 1. The van der Waals surface area contributed by atoms with Crippen LogP contribution in [0.3, 0.4) is 0 Å².